The average Bonchev–Trinajstić information content (AvgIpc) is 2.37. The van der Waals surface area contributed by atoms with Crippen molar-refractivity contribution in [1.82, 2.24) is 9.88 Å². The van der Waals surface area contributed by atoms with Gasteiger partial charge in [0, 0.05) is 38.1 Å². The first-order chi connectivity index (χ1) is 9.11. The molecule has 0 saturated heterocycles. The van der Waals surface area contributed by atoms with Crippen molar-refractivity contribution in [2.75, 3.05) is 20.3 Å². The molecular formula is C15H26N2O2. The van der Waals surface area contributed by atoms with Crippen LogP contribution in [0.4, 0.5) is 0 Å². The minimum Gasteiger partial charge on any atom is -0.385 e. The fourth-order valence-electron chi connectivity index (χ4n) is 2.22. The molecule has 0 fully saturated rings. The van der Waals surface area contributed by atoms with Crippen LogP contribution in [0.2, 0.25) is 0 Å². The number of pyridine rings is 1. The molecule has 1 aromatic rings. The van der Waals surface area contributed by atoms with Crippen molar-refractivity contribution >= 4 is 0 Å². The molecule has 0 saturated carbocycles. The van der Waals surface area contributed by atoms with Crippen molar-refractivity contribution in [3.63, 3.8) is 0 Å². The standard InChI is InChI=1S/C15H26N2O2/c1-5-7-16-11-14-12(2)10-13(3)17(15(14)18)8-6-9-19-4/h10,16H,5-9,11H2,1-4H3. The lowest BCUT2D eigenvalue weighted by atomic mass is 10.1. The predicted octanol–water partition coefficient (Wildman–Crippen LogP) is 2.00. The summed E-state index contributed by atoms with van der Waals surface area (Å²) in [4.78, 5) is 12.5. The maximum absolute atomic E-state index is 12.5. The Morgan fingerprint density at radius 2 is 2.11 bits per heavy atom. The number of methoxy groups -OCH3 is 1. The lowest BCUT2D eigenvalue weighted by Gasteiger charge is -2.14. The molecule has 4 nitrogen and oxygen atoms in total. The van der Waals surface area contributed by atoms with Gasteiger partial charge < -0.3 is 14.6 Å². The molecule has 0 amide bonds. The van der Waals surface area contributed by atoms with Gasteiger partial charge in [-0.1, -0.05) is 6.92 Å². The van der Waals surface area contributed by atoms with Gasteiger partial charge in [0.2, 0.25) is 0 Å². The number of nitrogens with one attached hydrogen (secondary N) is 1. The highest BCUT2D eigenvalue weighted by Crippen LogP contribution is 2.07. The SMILES string of the molecule is CCCNCc1c(C)cc(C)n(CCCOC)c1=O. The van der Waals surface area contributed by atoms with Crippen molar-refractivity contribution in [3.05, 3.63) is 33.2 Å². The number of nitrogens with zero attached hydrogens (tertiary/aromatic N) is 1. The monoisotopic (exact) mass is 266 g/mol. The van der Waals surface area contributed by atoms with Crippen LogP contribution in [0.15, 0.2) is 10.9 Å². The van der Waals surface area contributed by atoms with Gasteiger partial charge in [0.1, 0.15) is 0 Å². The quantitative estimate of drug-likeness (QED) is 0.732. The Labute approximate surface area is 115 Å². The van der Waals surface area contributed by atoms with E-state index < -0.39 is 0 Å². The molecule has 1 aromatic heterocycles. The van der Waals surface area contributed by atoms with Crippen LogP contribution < -0.4 is 10.9 Å². The Balaban J connectivity index is 2.91. The highest BCUT2D eigenvalue weighted by atomic mass is 16.5. The molecule has 0 aliphatic carbocycles. The second-order valence-corrected chi connectivity index (χ2v) is 4.93. The van der Waals surface area contributed by atoms with Gasteiger partial charge in [0.25, 0.3) is 5.56 Å². The summed E-state index contributed by atoms with van der Waals surface area (Å²) >= 11 is 0. The zero-order valence-corrected chi connectivity index (χ0v) is 12.6. The van der Waals surface area contributed by atoms with Crippen LogP contribution in [0.3, 0.4) is 0 Å². The van der Waals surface area contributed by atoms with E-state index in [1.807, 2.05) is 18.4 Å². The summed E-state index contributed by atoms with van der Waals surface area (Å²) in [6, 6.07) is 2.09. The normalized spacial score (nSPS) is 10.9. The van der Waals surface area contributed by atoms with Crippen LogP contribution >= 0.6 is 0 Å². The third-order valence-electron chi connectivity index (χ3n) is 3.29. The zero-order chi connectivity index (χ0) is 14.3. The van der Waals surface area contributed by atoms with Crippen LogP contribution in [0.25, 0.3) is 0 Å². The van der Waals surface area contributed by atoms with E-state index in [9.17, 15) is 4.79 Å². The van der Waals surface area contributed by atoms with Gasteiger partial charge in [-0.05, 0) is 44.9 Å². The topological polar surface area (TPSA) is 43.3 Å². The van der Waals surface area contributed by atoms with Crippen LogP contribution in [-0.2, 0) is 17.8 Å². The summed E-state index contributed by atoms with van der Waals surface area (Å²) in [5.74, 6) is 0. The summed E-state index contributed by atoms with van der Waals surface area (Å²) < 4.78 is 6.91. The van der Waals surface area contributed by atoms with Crippen LogP contribution in [0.1, 0.15) is 36.6 Å². The van der Waals surface area contributed by atoms with Crippen LogP contribution in [-0.4, -0.2) is 24.8 Å². The fraction of sp³-hybridized carbons (Fsp3) is 0.667. The molecular weight excluding hydrogens is 240 g/mol. The molecule has 19 heavy (non-hydrogen) atoms. The molecule has 1 rings (SSSR count). The van der Waals surface area contributed by atoms with Gasteiger partial charge in [-0.15, -0.1) is 0 Å². The van der Waals surface area contributed by atoms with E-state index in [2.05, 4.69) is 18.3 Å². The fourth-order valence-corrected chi connectivity index (χ4v) is 2.22. The van der Waals surface area contributed by atoms with Crippen molar-refractivity contribution < 1.29 is 4.74 Å². The summed E-state index contributed by atoms with van der Waals surface area (Å²) in [6.07, 6.45) is 1.94. The van der Waals surface area contributed by atoms with E-state index in [1.54, 1.807) is 7.11 Å². The van der Waals surface area contributed by atoms with E-state index in [1.165, 1.54) is 0 Å². The maximum atomic E-state index is 12.5. The predicted molar refractivity (Wildman–Crippen MR) is 78.7 cm³/mol. The number of hydrogen-bond donors (Lipinski definition) is 1. The first-order valence-electron chi connectivity index (χ1n) is 7.01. The van der Waals surface area contributed by atoms with Gasteiger partial charge in [-0.2, -0.15) is 0 Å². The Bertz CT molecular complexity index is 415. The number of rotatable bonds is 8. The Hall–Kier alpha value is -1.13. The van der Waals surface area contributed by atoms with Crippen molar-refractivity contribution in [3.8, 4) is 0 Å². The molecule has 1 heterocycles. The lowest BCUT2D eigenvalue weighted by Crippen LogP contribution is -2.30. The van der Waals surface area contributed by atoms with Crippen LogP contribution in [0.5, 0.6) is 0 Å². The molecule has 0 aliphatic heterocycles. The van der Waals surface area contributed by atoms with Gasteiger partial charge in [-0.3, -0.25) is 4.79 Å². The Kier molecular flexibility index (Phi) is 6.81. The van der Waals surface area contributed by atoms with Gasteiger partial charge >= 0.3 is 0 Å². The van der Waals surface area contributed by atoms with E-state index in [4.69, 9.17) is 4.74 Å². The second kappa shape index (κ2) is 8.12. The molecule has 108 valence electrons. The highest BCUT2D eigenvalue weighted by molar-refractivity contribution is 5.26. The van der Waals surface area contributed by atoms with E-state index in [0.29, 0.717) is 13.2 Å². The lowest BCUT2D eigenvalue weighted by molar-refractivity contribution is 0.189. The molecule has 0 unspecified atom stereocenters. The minimum atomic E-state index is 0.136. The van der Waals surface area contributed by atoms with Gasteiger partial charge in [0.05, 0.1) is 0 Å². The summed E-state index contributed by atoms with van der Waals surface area (Å²) in [6.45, 7) is 9.13. The zero-order valence-electron chi connectivity index (χ0n) is 12.6. The van der Waals surface area contributed by atoms with Crippen molar-refractivity contribution in [2.45, 2.75) is 46.7 Å². The first-order valence-corrected chi connectivity index (χ1v) is 7.01. The molecule has 4 heteroatoms. The number of hydrogen-bond acceptors (Lipinski definition) is 3. The summed E-state index contributed by atoms with van der Waals surface area (Å²) in [5.41, 5.74) is 3.13. The molecule has 0 atom stereocenters. The third-order valence-corrected chi connectivity index (χ3v) is 3.29. The smallest absolute Gasteiger partial charge is 0.255 e. The molecule has 0 spiro atoms. The first kappa shape index (κ1) is 15.9. The number of aryl methyl sites for hydroxylation is 2. The molecule has 1 N–H and O–H groups in total. The van der Waals surface area contributed by atoms with Crippen LogP contribution in [0, 0.1) is 13.8 Å². The van der Waals surface area contributed by atoms with E-state index >= 15 is 0 Å². The Morgan fingerprint density at radius 3 is 2.74 bits per heavy atom. The van der Waals surface area contributed by atoms with Crippen molar-refractivity contribution in [1.29, 1.82) is 0 Å². The van der Waals surface area contributed by atoms with E-state index in [-0.39, 0.29) is 5.56 Å². The number of ether oxygens (including phenoxy) is 1. The minimum absolute atomic E-state index is 0.136. The maximum Gasteiger partial charge on any atom is 0.255 e. The summed E-state index contributed by atoms with van der Waals surface area (Å²) in [7, 11) is 1.69. The second-order valence-electron chi connectivity index (χ2n) is 4.93. The molecule has 0 bridgehead atoms. The van der Waals surface area contributed by atoms with Gasteiger partial charge in [0.15, 0.2) is 0 Å². The Morgan fingerprint density at radius 1 is 1.37 bits per heavy atom. The largest absolute Gasteiger partial charge is 0.385 e. The summed E-state index contributed by atoms with van der Waals surface area (Å²) in [5, 5.41) is 3.31. The average molecular weight is 266 g/mol. The van der Waals surface area contributed by atoms with E-state index in [0.717, 1.165) is 42.8 Å². The van der Waals surface area contributed by atoms with Crippen molar-refractivity contribution in [2.24, 2.45) is 0 Å². The number of aromatic nitrogens is 1. The molecule has 0 aromatic carbocycles. The third kappa shape index (κ3) is 4.48. The van der Waals surface area contributed by atoms with Gasteiger partial charge in [-0.25, -0.2) is 0 Å². The molecule has 0 radical (unpaired) electrons. The molecule has 0 aliphatic rings. The highest BCUT2D eigenvalue weighted by Gasteiger charge is 2.09.